The fourth-order valence-corrected chi connectivity index (χ4v) is 5.84. The minimum absolute atomic E-state index is 0.111. The molecule has 0 saturated heterocycles. The number of hydrogen-bond donors (Lipinski definition) is 0. The Hall–Kier alpha value is -3.30. The fraction of sp³-hybridized carbons (Fsp3) is 0.364. The molecule has 234 valence electrons. The highest BCUT2D eigenvalue weighted by Gasteiger charge is 2.19. The van der Waals surface area contributed by atoms with E-state index in [0.29, 0.717) is 81.6 Å². The third kappa shape index (κ3) is 8.88. The molecule has 1 unspecified atom stereocenters. The minimum atomic E-state index is -0.452. The predicted octanol–water partition coefficient (Wildman–Crippen LogP) is 8.72. The zero-order chi connectivity index (χ0) is 31.6. The molecule has 0 aliphatic heterocycles. The summed E-state index contributed by atoms with van der Waals surface area (Å²) in [7, 11) is 2.70. The Kier molecular flexibility index (Phi) is 12.3. The van der Waals surface area contributed by atoms with Gasteiger partial charge < -0.3 is 23.4 Å². The van der Waals surface area contributed by atoms with Gasteiger partial charge in [-0.3, -0.25) is 4.79 Å². The van der Waals surface area contributed by atoms with Crippen LogP contribution < -0.4 is 4.74 Å². The third-order valence-electron chi connectivity index (χ3n) is 7.09. The molecule has 0 saturated carbocycles. The molecule has 11 heteroatoms. The number of oxazole rings is 1. The summed E-state index contributed by atoms with van der Waals surface area (Å²) in [6.07, 6.45) is 3.26. The van der Waals surface area contributed by atoms with Crippen LogP contribution in [0, 0.1) is 0 Å². The molecule has 0 spiro atoms. The molecule has 8 nitrogen and oxygen atoms in total. The van der Waals surface area contributed by atoms with Gasteiger partial charge in [0.1, 0.15) is 11.3 Å². The Morgan fingerprint density at radius 2 is 1.64 bits per heavy atom. The molecular weight excluding hydrogens is 629 g/mol. The van der Waals surface area contributed by atoms with Crippen LogP contribution in [0.4, 0.5) is 0 Å². The molecule has 1 aromatic heterocycles. The number of benzene rings is 3. The first-order valence-electron chi connectivity index (χ1n) is 14.2. The van der Waals surface area contributed by atoms with Gasteiger partial charge in [-0.1, -0.05) is 47.8 Å². The molecule has 0 radical (unpaired) electrons. The van der Waals surface area contributed by atoms with Gasteiger partial charge in [0.25, 0.3) is 0 Å². The molecule has 3 aromatic carbocycles. The highest BCUT2D eigenvalue weighted by atomic mass is 35.5. The van der Waals surface area contributed by atoms with E-state index in [1.54, 1.807) is 30.3 Å². The van der Waals surface area contributed by atoms with Crippen molar-refractivity contribution in [3.8, 4) is 17.2 Å². The van der Waals surface area contributed by atoms with Gasteiger partial charge in [0.2, 0.25) is 5.89 Å². The van der Waals surface area contributed by atoms with Crippen molar-refractivity contribution in [2.24, 2.45) is 0 Å². The number of hydrogen-bond acceptors (Lipinski definition) is 8. The van der Waals surface area contributed by atoms with Crippen LogP contribution in [0.5, 0.6) is 5.75 Å². The first kappa shape index (κ1) is 33.6. The predicted molar refractivity (Wildman–Crippen MR) is 171 cm³/mol. The summed E-state index contributed by atoms with van der Waals surface area (Å²) < 4.78 is 26.9. The number of carbonyl (C=O) groups excluding carboxylic acids is 2. The van der Waals surface area contributed by atoms with Gasteiger partial charge >= 0.3 is 11.9 Å². The van der Waals surface area contributed by atoms with Crippen LogP contribution in [0.2, 0.25) is 15.1 Å². The van der Waals surface area contributed by atoms with E-state index in [2.05, 4.69) is 16.6 Å². The molecule has 4 rings (SSSR count). The monoisotopic (exact) mass is 661 g/mol. The molecule has 1 atom stereocenters. The van der Waals surface area contributed by atoms with Crippen molar-refractivity contribution < 1.29 is 33.0 Å². The molecule has 44 heavy (non-hydrogen) atoms. The number of halogens is 3. The maximum atomic E-state index is 11.8. The Morgan fingerprint density at radius 3 is 2.34 bits per heavy atom. The van der Waals surface area contributed by atoms with Gasteiger partial charge in [-0.05, 0) is 78.8 Å². The van der Waals surface area contributed by atoms with Crippen LogP contribution in [0.25, 0.3) is 22.6 Å². The second-order valence-electron chi connectivity index (χ2n) is 10.2. The molecule has 0 N–H and O–H groups in total. The lowest BCUT2D eigenvalue weighted by Crippen LogP contribution is -2.06. The number of aryl methyl sites for hydroxylation is 1. The van der Waals surface area contributed by atoms with Crippen molar-refractivity contribution in [3.05, 3.63) is 80.3 Å². The topological polar surface area (TPSA) is 97.1 Å². The van der Waals surface area contributed by atoms with E-state index >= 15 is 0 Å². The third-order valence-corrected chi connectivity index (χ3v) is 8.01. The number of aromatic nitrogens is 1. The molecule has 0 amide bonds. The molecular formula is C33H34Cl3NO7. The molecule has 4 aromatic rings. The van der Waals surface area contributed by atoms with E-state index < -0.39 is 5.97 Å². The largest absolute Gasteiger partial charge is 0.492 e. The summed E-state index contributed by atoms with van der Waals surface area (Å²) in [5.41, 5.74) is 3.91. The van der Waals surface area contributed by atoms with Gasteiger partial charge in [-0.15, -0.1) is 0 Å². The molecule has 0 aliphatic rings. The Morgan fingerprint density at radius 1 is 0.886 bits per heavy atom. The fourth-order valence-electron chi connectivity index (χ4n) is 4.72. The number of esters is 2. The smallest absolute Gasteiger partial charge is 0.337 e. The van der Waals surface area contributed by atoms with Crippen molar-refractivity contribution in [2.75, 3.05) is 34.0 Å². The van der Waals surface area contributed by atoms with E-state index in [9.17, 15) is 9.59 Å². The second kappa shape index (κ2) is 16.1. The van der Waals surface area contributed by atoms with E-state index in [-0.39, 0.29) is 11.9 Å². The van der Waals surface area contributed by atoms with Gasteiger partial charge in [0.15, 0.2) is 5.58 Å². The number of rotatable bonds is 15. The Balaban J connectivity index is 1.20. The highest BCUT2D eigenvalue weighted by Crippen LogP contribution is 2.38. The van der Waals surface area contributed by atoms with E-state index in [0.717, 1.165) is 30.4 Å². The Bertz CT molecular complexity index is 1580. The normalized spacial score (nSPS) is 11.9. The number of ether oxygens (including phenoxy) is 4. The average Bonchev–Trinajstić information content (AvgIpc) is 3.45. The van der Waals surface area contributed by atoms with Crippen molar-refractivity contribution >= 4 is 57.8 Å². The maximum Gasteiger partial charge on any atom is 0.337 e. The standard InChI is InChI=1S/C33H34Cl3NO7/c1-20(6-4-13-42-14-5-15-43-28-11-7-21(16-24(28)34)8-12-30(38)40-2)31-25(35)17-23(18-26(31)36)32-37-27-10-9-22(33(39)41-3)19-29(27)44-32/h7,9-11,16-20H,4-6,8,12-15H2,1-3H3. The summed E-state index contributed by atoms with van der Waals surface area (Å²) in [5, 5.41) is 1.58. The summed E-state index contributed by atoms with van der Waals surface area (Å²) in [6.45, 7) is 3.72. The molecule has 0 aliphatic carbocycles. The second-order valence-corrected chi connectivity index (χ2v) is 11.5. The van der Waals surface area contributed by atoms with Crippen molar-refractivity contribution in [1.29, 1.82) is 0 Å². The van der Waals surface area contributed by atoms with Crippen LogP contribution in [0.3, 0.4) is 0 Å². The van der Waals surface area contributed by atoms with E-state index in [1.807, 2.05) is 18.2 Å². The molecule has 0 fully saturated rings. The molecule has 0 bridgehead atoms. The Labute approximate surface area is 271 Å². The van der Waals surface area contributed by atoms with Crippen molar-refractivity contribution in [2.45, 2.75) is 44.9 Å². The quantitative estimate of drug-likeness (QED) is 0.0921. The number of carbonyl (C=O) groups is 2. The van der Waals surface area contributed by atoms with Crippen LogP contribution >= 0.6 is 34.8 Å². The number of nitrogens with zero attached hydrogens (tertiary/aromatic N) is 1. The van der Waals surface area contributed by atoms with Crippen LogP contribution in [-0.4, -0.2) is 51.0 Å². The van der Waals surface area contributed by atoms with Crippen LogP contribution in [0.1, 0.15) is 60.0 Å². The number of methoxy groups -OCH3 is 2. The van der Waals surface area contributed by atoms with Crippen molar-refractivity contribution in [1.82, 2.24) is 4.98 Å². The van der Waals surface area contributed by atoms with E-state index in [4.69, 9.17) is 53.4 Å². The van der Waals surface area contributed by atoms with Crippen molar-refractivity contribution in [3.63, 3.8) is 0 Å². The van der Waals surface area contributed by atoms with Gasteiger partial charge in [-0.25, -0.2) is 9.78 Å². The lowest BCUT2D eigenvalue weighted by Gasteiger charge is -2.16. The van der Waals surface area contributed by atoms with Gasteiger partial charge in [0.05, 0.1) is 31.4 Å². The first-order chi connectivity index (χ1) is 21.2. The average molecular weight is 663 g/mol. The molecule has 1 heterocycles. The highest BCUT2D eigenvalue weighted by molar-refractivity contribution is 6.36. The zero-order valence-corrected chi connectivity index (χ0v) is 27.1. The first-order valence-corrected chi connectivity index (χ1v) is 15.4. The summed E-state index contributed by atoms with van der Waals surface area (Å²) in [6, 6.07) is 14.0. The minimum Gasteiger partial charge on any atom is -0.492 e. The van der Waals surface area contributed by atoms with Gasteiger partial charge in [-0.2, -0.15) is 0 Å². The SMILES string of the molecule is COC(=O)CCc1ccc(OCCCOCCCC(C)c2c(Cl)cc(-c3nc4ccc(C(=O)OC)cc4o3)cc2Cl)c(Cl)c1. The van der Waals surface area contributed by atoms with Crippen LogP contribution in [-0.2, 0) is 25.4 Å². The van der Waals surface area contributed by atoms with Crippen LogP contribution in [0.15, 0.2) is 52.9 Å². The number of fused-ring (bicyclic) bond motifs is 1. The zero-order valence-electron chi connectivity index (χ0n) is 24.8. The lowest BCUT2D eigenvalue weighted by molar-refractivity contribution is -0.140. The maximum absolute atomic E-state index is 11.8. The van der Waals surface area contributed by atoms with E-state index in [1.165, 1.54) is 14.2 Å². The summed E-state index contributed by atoms with van der Waals surface area (Å²) in [5.74, 6) is 0.366. The van der Waals surface area contributed by atoms with Gasteiger partial charge in [0, 0.05) is 41.7 Å². The lowest BCUT2D eigenvalue weighted by atomic mass is 9.95. The summed E-state index contributed by atoms with van der Waals surface area (Å²) in [4.78, 5) is 27.7. The summed E-state index contributed by atoms with van der Waals surface area (Å²) >= 11 is 19.7.